The van der Waals surface area contributed by atoms with Crippen molar-refractivity contribution in [2.75, 3.05) is 28.4 Å². The summed E-state index contributed by atoms with van der Waals surface area (Å²) in [4.78, 5) is 64.9. The molecule has 0 fully saturated rings. The Morgan fingerprint density at radius 1 is 0.448 bits per heavy atom. The van der Waals surface area contributed by atoms with Crippen LogP contribution in [0.2, 0.25) is 10.0 Å². The van der Waals surface area contributed by atoms with Gasteiger partial charge in [-0.05, 0) is 148 Å². The van der Waals surface area contributed by atoms with Crippen molar-refractivity contribution in [1.29, 1.82) is 0 Å². The van der Waals surface area contributed by atoms with Gasteiger partial charge in [-0.3, -0.25) is 29.0 Å². The summed E-state index contributed by atoms with van der Waals surface area (Å²) < 4.78 is 73.8. The predicted molar refractivity (Wildman–Crippen MR) is 334 cm³/mol. The number of carbonyl (C=O) groups excluding carboxylic acids is 5. The van der Waals surface area contributed by atoms with E-state index in [4.69, 9.17) is 65.4 Å². The van der Waals surface area contributed by atoms with Crippen molar-refractivity contribution in [2.45, 2.75) is 66.7 Å². The van der Waals surface area contributed by atoms with Crippen LogP contribution in [-0.4, -0.2) is 68.7 Å². The third-order valence-corrected chi connectivity index (χ3v) is 14.8. The van der Waals surface area contributed by atoms with Crippen LogP contribution in [0, 0.1) is 52.1 Å². The van der Waals surface area contributed by atoms with E-state index in [0.717, 1.165) is 23.3 Å². The molecule has 0 amide bonds. The topological polar surface area (TPSA) is 155 Å². The van der Waals surface area contributed by atoms with Gasteiger partial charge in [0.15, 0.2) is 28.9 Å². The molecule has 5 aliphatic rings. The standard InChI is InChI=1S/C14H11Cl2FO2.C14H13ClO2.C14H12F2O2.C13H11ClO2.C13H12FNO2/c1-7-3-9(17)6-10(14(7)19-2)13(18)8-4-11(15)12(16)5-8;1-9-7-11(15)8-12(14(9)17-2)13(16)10-5-3-4-6-10;1-8-5-11(16)7-12(14(8)18-2)13(17)9-3-4-10(15)6-9;1-8-6-10(14)7-11(12(8)15)13(16)9-4-2-3-5-9;1-8-5-10(14)6-11(13(8)17-2)12(16)9-3-4-15-7-9/h3-4,6H,5H2,1-2H3;3-5,7-8H,6H2,1-2H3;3-5,7H,6H2,1-2H3;2-4,6-7,15H,5H2,1H3;4-7H,3H2,1-2H3. The fourth-order valence-electron chi connectivity index (χ4n) is 9.51. The van der Waals surface area contributed by atoms with Crippen LogP contribution < -0.4 is 18.9 Å². The second-order valence-corrected chi connectivity index (χ2v) is 21.6. The lowest BCUT2D eigenvalue weighted by atomic mass is 9.99. The summed E-state index contributed by atoms with van der Waals surface area (Å²) >= 11 is 23.6. The number of hydrogen-bond acceptors (Lipinski definition) is 11. The number of carbonyl (C=O) groups is 5. The van der Waals surface area contributed by atoms with Crippen molar-refractivity contribution in [3.63, 3.8) is 0 Å². The highest BCUT2D eigenvalue weighted by Gasteiger charge is 2.27. The molecule has 19 heteroatoms. The number of ketones is 5. The van der Waals surface area contributed by atoms with Crippen LogP contribution in [0.5, 0.6) is 28.7 Å². The number of phenolic OH excluding ortho intramolecular Hbond substituents is 1. The molecule has 10 rings (SSSR count). The maximum atomic E-state index is 13.5. The van der Waals surface area contributed by atoms with Gasteiger partial charge in [0.25, 0.3) is 0 Å². The molecule has 0 unspecified atom stereocenters. The molecule has 0 bridgehead atoms. The summed E-state index contributed by atoms with van der Waals surface area (Å²) in [5, 5.41) is 11.6. The third kappa shape index (κ3) is 17.0. The molecule has 5 aromatic rings. The van der Waals surface area contributed by atoms with Crippen LogP contribution >= 0.6 is 46.4 Å². The van der Waals surface area contributed by atoms with E-state index in [2.05, 4.69) is 4.99 Å². The molecule has 5 aromatic carbocycles. The van der Waals surface area contributed by atoms with Gasteiger partial charge in [0.05, 0.1) is 61.3 Å². The number of Topliss-reactive ketones (excluding diaryl/α,β-unsaturated/α-hetero) is 5. The van der Waals surface area contributed by atoms with Crippen LogP contribution in [0.25, 0.3) is 0 Å². The van der Waals surface area contributed by atoms with Crippen molar-refractivity contribution < 1.29 is 65.6 Å². The SMILES string of the molecule is COc1c(C)cc(Cl)cc1C(=O)C1=CC=CC1.COc1c(C)cc(F)cc1C(=O)C1=CC(Cl)=C(Cl)C1.COc1c(C)cc(F)cc1C(=O)C1=CC=C(F)C1.COc1c(C)cc(F)cc1C(=O)C1=CN=CC1.Cc1cc(Cl)cc(C(=O)C2=CC=CC2)c1O. The molecule has 0 aromatic heterocycles. The quantitative estimate of drug-likeness (QED) is 0.0839. The number of hydrogen-bond donors (Lipinski definition) is 1. The number of allylic oxidation sites excluding steroid dienone is 17. The number of methoxy groups -OCH3 is 4. The Kier molecular flexibility index (Phi) is 24.0. The number of nitrogens with zero attached hydrogens (tertiary/aromatic N) is 1. The molecule has 4 aliphatic carbocycles. The zero-order valence-corrected chi connectivity index (χ0v) is 51.8. The molecule has 0 saturated heterocycles. The van der Waals surface area contributed by atoms with Gasteiger partial charge in [0, 0.05) is 74.6 Å². The smallest absolute Gasteiger partial charge is 0.194 e. The molecule has 0 spiro atoms. The van der Waals surface area contributed by atoms with Gasteiger partial charge in [-0.2, -0.15) is 0 Å². The van der Waals surface area contributed by atoms with E-state index in [1.54, 1.807) is 65.3 Å². The van der Waals surface area contributed by atoms with E-state index >= 15 is 0 Å². The van der Waals surface area contributed by atoms with Gasteiger partial charge >= 0.3 is 0 Å². The number of halogens is 8. The Balaban J connectivity index is 0.000000174. The molecule has 452 valence electrons. The predicted octanol–water partition coefficient (Wildman–Crippen LogP) is 17.7. The Labute approximate surface area is 521 Å². The lowest BCUT2D eigenvalue weighted by molar-refractivity contribution is 0.102. The molecule has 87 heavy (non-hydrogen) atoms. The lowest BCUT2D eigenvalue weighted by Gasteiger charge is -2.11. The second-order valence-electron chi connectivity index (χ2n) is 19.9. The number of aromatic hydroxyl groups is 1. The van der Waals surface area contributed by atoms with Gasteiger partial charge in [-0.15, -0.1) is 0 Å². The first-order valence-corrected chi connectivity index (χ1v) is 28.1. The summed E-state index contributed by atoms with van der Waals surface area (Å²) in [5.74, 6) is -1.20. The summed E-state index contributed by atoms with van der Waals surface area (Å²) in [7, 11) is 5.89. The van der Waals surface area contributed by atoms with Gasteiger partial charge in [0.2, 0.25) is 0 Å². The first-order valence-electron chi connectivity index (χ1n) is 26.6. The molecule has 0 saturated carbocycles. The van der Waals surface area contributed by atoms with E-state index in [1.807, 2.05) is 37.3 Å². The van der Waals surface area contributed by atoms with Gasteiger partial charge in [-0.25, -0.2) is 17.6 Å². The summed E-state index contributed by atoms with van der Waals surface area (Å²) in [5.41, 5.74) is 7.29. The Morgan fingerprint density at radius 3 is 1.22 bits per heavy atom. The first-order chi connectivity index (χ1) is 41.3. The van der Waals surface area contributed by atoms with Crippen LogP contribution in [0.15, 0.2) is 170 Å². The van der Waals surface area contributed by atoms with Gasteiger partial charge in [0.1, 0.15) is 52.0 Å². The molecule has 1 heterocycles. The molecule has 11 nitrogen and oxygen atoms in total. The zero-order chi connectivity index (χ0) is 64.0. The second kappa shape index (κ2) is 30.8. The van der Waals surface area contributed by atoms with E-state index in [-0.39, 0.29) is 69.8 Å². The fraction of sp³-hybridized carbons (Fsp3) is 0.206. The lowest BCUT2D eigenvalue weighted by Crippen LogP contribution is -2.06. The average molecular weight is 1270 g/mol. The normalized spacial score (nSPS) is 14.1. The van der Waals surface area contributed by atoms with Gasteiger partial charge < -0.3 is 24.1 Å². The highest BCUT2D eigenvalue weighted by Crippen LogP contribution is 2.37. The number of benzene rings is 5. The number of ether oxygens (including phenoxy) is 4. The van der Waals surface area contributed by atoms with Crippen molar-refractivity contribution in [1.82, 2.24) is 0 Å². The molecular formula is C68H59Cl4F4NO10. The van der Waals surface area contributed by atoms with Crippen LogP contribution in [0.4, 0.5) is 17.6 Å². The van der Waals surface area contributed by atoms with E-state index in [9.17, 15) is 46.6 Å². The van der Waals surface area contributed by atoms with Crippen molar-refractivity contribution >= 4 is 81.5 Å². The van der Waals surface area contributed by atoms with Gasteiger partial charge in [-0.1, -0.05) is 88.9 Å². The highest BCUT2D eigenvalue weighted by atomic mass is 35.5. The number of aryl methyl sites for hydroxylation is 5. The highest BCUT2D eigenvalue weighted by molar-refractivity contribution is 6.42. The van der Waals surface area contributed by atoms with Crippen LogP contribution in [-0.2, 0) is 0 Å². The average Bonchev–Trinajstić information content (AvgIpc) is 2.82. The minimum absolute atomic E-state index is 0.0159. The minimum Gasteiger partial charge on any atom is -0.507 e. The third-order valence-electron chi connectivity index (χ3n) is 13.6. The van der Waals surface area contributed by atoms with E-state index in [0.29, 0.717) is 112 Å². The van der Waals surface area contributed by atoms with Crippen LogP contribution in [0.1, 0.15) is 112 Å². The molecule has 1 aliphatic heterocycles. The van der Waals surface area contributed by atoms with Crippen molar-refractivity contribution in [3.05, 3.63) is 248 Å². The first kappa shape index (κ1) is 67.8. The maximum absolute atomic E-state index is 13.5. The molecule has 0 radical (unpaired) electrons. The summed E-state index contributed by atoms with van der Waals surface area (Å²) in [6.07, 6.45) is 20.5. The number of phenols is 1. The monoisotopic (exact) mass is 1270 g/mol. The largest absolute Gasteiger partial charge is 0.507 e. The summed E-state index contributed by atoms with van der Waals surface area (Å²) in [6.45, 7) is 8.64. The minimum atomic E-state index is -0.510. The zero-order valence-electron chi connectivity index (χ0n) is 48.8. The number of aliphatic imine (C=N–C) groups is 1. The number of rotatable bonds is 14. The Bertz CT molecular complexity index is 3840. The molecule has 1 N–H and O–H groups in total. The van der Waals surface area contributed by atoms with E-state index < -0.39 is 23.2 Å². The summed E-state index contributed by atoms with van der Waals surface area (Å²) in [6, 6.07) is 14.0. The Morgan fingerprint density at radius 2 is 0.839 bits per heavy atom. The van der Waals surface area contributed by atoms with E-state index in [1.165, 1.54) is 76.1 Å². The maximum Gasteiger partial charge on any atom is 0.194 e. The Hall–Kier alpha value is -8.34. The molecular weight excluding hydrogens is 1210 g/mol. The van der Waals surface area contributed by atoms with Crippen LogP contribution in [0.3, 0.4) is 0 Å². The fourth-order valence-corrected chi connectivity index (χ4v) is 10.4. The van der Waals surface area contributed by atoms with Crippen molar-refractivity contribution in [3.8, 4) is 28.7 Å². The van der Waals surface area contributed by atoms with Crippen molar-refractivity contribution in [2.24, 2.45) is 4.99 Å². The molecule has 0 atom stereocenters.